The van der Waals surface area contributed by atoms with E-state index >= 15 is 0 Å². The number of likely N-dealkylation sites (tertiary alicyclic amines) is 1. The van der Waals surface area contributed by atoms with E-state index in [4.69, 9.17) is 0 Å². The topological polar surface area (TPSA) is 49.4 Å². The van der Waals surface area contributed by atoms with Crippen molar-refractivity contribution in [1.29, 1.82) is 0 Å². The predicted molar refractivity (Wildman–Crippen MR) is 79.7 cm³/mol. The SMILES string of the molecule is CCC(=O)Nc1ccc(C(=O)N2CCC[C@@H](C)C2)cc1. The second-order valence-corrected chi connectivity index (χ2v) is 5.48. The summed E-state index contributed by atoms with van der Waals surface area (Å²) in [7, 11) is 0. The van der Waals surface area contributed by atoms with E-state index in [0.717, 1.165) is 25.2 Å². The van der Waals surface area contributed by atoms with Gasteiger partial charge >= 0.3 is 0 Å². The highest BCUT2D eigenvalue weighted by molar-refractivity contribution is 5.95. The smallest absolute Gasteiger partial charge is 0.253 e. The van der Waals surface area contributed by atoms with E-state index in [2.05, 4.69) is 12.2 Å². The minimum atomic E-state index is -0.0195. The molecule has 4 heteroatoms. The fraction of sp³-hybridized carbons (Fsp3) is 0.500. The van der Waals surface area contributed by atoms with Crippen molar-refractivity contribution in [2.24, 2.45) is 5.92 Å². The van der Waals surface area contributed by atoms with E-state index < -0.39 is 0 Å². The molecule has 1 aliphatic heterocycles. The third-order valence-electron chi connectivity index (χ3n) is 3.68. The highest BCUT2D eigenvalue weighted by Crippen LogP contribution is 2.19. The van der Waals surface area contributed by atoms with Crippen molar-refractivity contribution in [3.8, 4) is 0 Å². The first-order chi connectivity index (χ1) is 9.60. The zero-order valence-corrected chi connectivity index (χ0v) is 12.2. The quantitative estimate of drug-likeness (QED) is 0.921. The maximum atomic E-state index is 12.4. The standard InChI is InChI=1S/C16H22N2O2/c1-3-15(19)17-14-8-6-13(7-9-14)16(20)18-10-4-5-12(2)11-18/h6-9,12H,3-5,10-11H2,1-2H3,(H,17,19)/t12-/m1/s1. The Bertz CT molecular complexity index is 482. The molecule has 0 aliphatic carbocycles. The van der Waals surface area contributed by atoms with Gasteiger partial charge in [0, 0.05) is 30.8 Å². The van der Waals surface area contributed by atoms with Crippen molar-refractivity contribution >= 4 is 17.5 Å². The molecule has 1 fully saturated rings. The minimum Gasteiger partial charge on any atom is -0.338 e. The van der Waals surface area contributed by atoms with Crippen LogP contribution >= 0.6 is 0 Å². The summed E-state index contributed by atoms with van der Waals surface area (Å²) in [6, 6.07) is 7.14. The molecule has 1 N–H and O–H groups in total. The Balaban J connectivity index is 2.01. The summed E-state index contributed by atoms with van der Waals surface area (Å²) >= 11 is 0. The molecule has 1 aromatic carbocycles. The molecule has 0 radical (unpaired) electrons. The Hall–Kier alpha value is -1.84. The van der Waals surface area contributed by atoms with Crippen molar-refractivity contribution in [2.45, 2.75) is 33.1 Å². The Labute approximate surface area is 120 Å². The first-order valence-corrected chi connectivity index (χ1v) is 7.29. The zero-order valence-electron chi connectivity index (χ0n) is 12.2. The molecule has 20 heavy (non-hydrogen) atoms. The van der Waals surface area contributed by atoms with Gasteiger partial charge < -0.3 is 10.2 Å². The monoisotopic (exact) mass is 274 g/mol. The van der Waals surface area contributed by atoms with Crippen LogP contribution in [0.1, 0.15) is 43.5 Å². The lowest BCUT2D eigenvalue weighted by Crippen LogP contribution is -2.39. The van der Waals surface area contributed by atoms with Crippen molar-refractivity contribution in [3.63, 3.8) is 0 Å². The van der Waals surface area contributed by atoms with Gasteiger partial charge in [-0.3, -0.25) is 9.59 Å². The van der Waals surface area contributed by atoms with Gasteiger partial charge in [-0.2, -0.15) is 0 Å². The van der Waals surface area contributed by atoms with E-state index in [-0.39, 0.29) is 11.8 Å². The average Bonchev–Trinajstić information content (AvgIpc) is 2.47. The van der Waals surface area contributed by atoms with Gasteiger partial charge in [-0.15, -0.1) is 0 Å². The third kappa shape index (κ3) is 3.59. The summed E-state index contributed by atoms with van der Waals surface area (Å²) in [5.74, 6) is 0.648. The van der Waals surface area contributed by atoms with Crippen LogP contribution in [-0.4, -0.2) is 29.8 Å². The Morgan fingerprint density at radius 2 is 2.00 bits per heavy atom. The molecule has 108 valence electrons. The maximum Gasteiger partial charge on any atom is 0.253 e. The fourth-order valence-electron chi connectivity index (χ4n) is 2.50. The molecule has 0 aromatic heterocycles. The zero-order chi connectivity index (χ0) is 14.5. The summed E-state index contributed by atoms with van der Waals surface area (Å²) in [5.41, 5.74) is 1.43. The lowest BCUT2D eigenvalue weighted by atomic mass is 9.99. The van der Waals surface area contributed by atoms with Gasteiger partial charge in [0.2, 0.25) is 5.91 Å². The molecule has 1 aliphatic rings. The third-order valence-corrected chi connectivity index (χ3v) is 3.68. The van der Waals surface area contributed by atoms with E-state index in [9.17, 15) is 9.59 Å². The number of piperidine rings is 1. The van der Waals surface area contributed by atoms with Crippen LogP contribution in [0.3, 0.4) is 0 Å². The average molecular weight is 274 g/mol. The summed E-state index contributed by atoms with van der Waals surface area (Å²) in [4.78, 5) is 25.6. The van der Waals surface area contributed by atoms with E-state index in [1.54, 1.807) is 24.3 Å². The molecule has 2 amide bonds. The van der Waals surface area contributed by atoms with E-state index in [0.29, 0.717) is 17.9 Å². The van der Waals surface area contributed by atoms with Crippen LogP contribution in [0.2, 0.25) is 0 Å². The number of hydrogen-bond acceptors (Lipinski definition) is 2. The van der Waals surface area contributed by atoms with Crippen LogP contribution in [0.4, 0.5) is 5.69 Å². The van der Waals surface area contributed by atoms with E-state index in [1.807, 2.05) is 11.8 Å². The Morgan fingerprint density at radius 3 is 2.60 bits per heavy atom. The number of carbonyl (C=O) groups is 2. The van der Waals surface area contributed by atoms with Gasteiger partial charge in [0.05, 0.1) is 0 Å². The number of hydrogen-bond donors (Lipinski definition) is 1. The molecular formula is C16H22N2O2. The number of carbonyl (C=O) groups excluding carboxylic acids is 2. The number of amides is 2. The molecule has 4 nitrogen and oxygen atoms in total. The molecule has 0 unspecified atom stereocenters. The molecule has 0 spiro atoms. The van der Waals surface area contributed by atoms with Crippen molar-refractivity contribution in [2.75, 3.05) is 18.4 Å². The molecular weight excluding hydrogens is 252 g/mol. The predicted octanol–water partition coefficient (Wildman–Crippen LogP) is 2.91. The van der Waals surface area contributed by atoms with Gasteiger partial charge in [-0.25, -0.2) is 0 Å². The largest absolute Gasteiger partial charge is 0.338 e. The highest BCUT2D eigenvalue weighted by Gasteiger charge is 2.21. The van der Waals surface area contributed by atoms with Crippen molar-refractivity contribution < 1.29 is 9.59 Å². The van der Waals surface area contributed by atoms with Crippen LogP contribution < -0.4 is 5.32 Å². The summed E-state index contributed by atoms with van der Waals surface area (Å²) in [5, 5.41) is 2.78. The van der Waals surface area contributed by atoms with Gasteiger partial charge in [0.1, 0.15) is 0 Å². The number of nitrogens with one attached hydrogen (secondary N) is 1. The second-order valence-electron chi connectivity index (χ2n) is 5.48. The first-order valence-electron chi connectivity index (χ1n) is 7.29. The second kappa shape index (κ2) is 6.55. The van der Waals surface area contributed by atoms with Gasteiger partial charge in [-0.1, -0.05) is 13.8 Å². The number of benzene rings is 1. The first kappa shape index (κ1) is 14.6. The molecule has 1 aromatic rings. The van der Waals surface area contributed by atoms with Crippen molar-refractivity contribution in [1.82, 2.24) is 4.90 Å². The van der Waals surface area contributed by atoms with Gasteiger partial charge in [-0.05, 0) is 43.0 Å². The Kier molecular flexibility index (Phi) is 4.77. The fourth-order valence-corrected chi connectivity index (χ4v) is 2.50. The van der Waals surface area contributed by atoms with Crippen LogP contribution in [0.15, 0.2) is 24.3 Å². The van der Waals surface area contributed by atoms with Crippen LogP contribution in [0, 0.1) is 5.92 Å². The molecule has 1 heterocycles. The molecule has 0 saturated carbocycles. The maximum absolute atomic E-state index is 12.4. The summed E-state index contributed by atoms with van der Waals surface area (Å²) in [6.07, 6.45) is 2.73. The lowest BCUT2D eigenvalue weighted by Gasteiger charge is -2.31. The minimum absolute atomic E-state index is 0.0195. The van der Waals surface area contributed by atoms with E-state index in [1.165, 1.54) is 6.42 Å². The normalized spacial score (nSPS) is 18.7. The number of anilines is 1. The molecule has 1 saturated heterocycles. The Morgan fingerprint density at radius 1 is 1.30 bits per heavy atom. The molecule has 1 atom stereocenters. The van der Waals surface area contributed by atoms with Crippen LogP contribution in [-0.2, 0) is 4.79 Å². The van der Waals surface area contributed by atoms with Gasteiger partial charge in [0.25, 0.3) is 5.91 Å². The summed E-state index contributed by atoms with van der Waals surface area (Å²) < 4.78 is 0. The number of rotatable bonds is 3. The highest BCUT2D eigenvalue weighted by atomic mass is 16.2. The van der Waals surface area contributed by atoms with Crippen LogP contribution in [0.25, 0.3) is 0 Å². The molecule has 0 bridgehead atoms. The number of nitrogens with zero attached hydrogens (tertiary/aromatic N) is 1. The van der Waals surface area contributed by atoms with Gasteiger partial charge in [0.15, 0.2) is 0 Å². The van der Waals surface area contributed by atoms with Crippen molar-refractivity contribution in [3.05, 3.63) is 29.8 Å². The molecule has 2 rings (SSSR count). The lowest BCUT2D eigenvalue weighted by molar-refractivity contribution is -0.115. The van der Waals surface area contributed by atoms with Crippen LogP contribution in [0.5, 0.6) is 0 Å². The summed E-state index contributed by atoms with van der Waals surface area (Å²) in [6.45, 7) is 5.68.